The molecule has 0 aromatic rings. The van der Waals surface area contributed by atoms with Crippen molar-refractivity contribution in [3.8, 4) is 0 Å². The van der Waals surface area contributed by atoms with Crippen LogP contribution in [0.4, 0.5) is 0 Å². The third kappa shape index (κ3) is 24.4. The number of esters is 2. The summed E-state index contributed by atoms with van der Waals surface area (Å²) < 4.78 is 39.2. The fourth-order valence-electron chi connectivity index (χ4n) is 6.73. The second-order valence-corrected chi connectivity index (χ2v) is 17.3. The number of phosphoric acid groups is 1. The highest BCUT2D eigenvalue weighted by atomic mass is 31.2. The molecule has 14 nitrogen and oxygen atoms in total. The SMILES string of the molecule is CCCCC/C=C\CC1OC1C/C=C\C/C=C\CCCC(=O)OC[C@H](COP(=O)(O)OC1[C@H](O)[C@H](O)C(O)[C@H](O)[C@H]1O)OC(=O)CCCCCCC/C=C\CCCCCC. The standard InChI is InChI=1S/C45H77O14P/c1-3-5-7-9-11-12-13-14-15-16-19-24-28-32-39(47)57-35(34-56-60(53,54)59-45-43(51)41(49)40(48)42(50)44(45)52)33-55-38(46)31-27-23-20-17-18-22-26-30-37-36(58-37)29-25-21-10-8-6-4-2/h12-13,17,20-22,25-26,35-37,40-45,48-52H,3-11,14-16,18-19,23-24,27-34H2,1-2H3,(H,53,54)/b13-12-,20-17-,25-21-,26-22-/t35-,36?,37?,40?,41-,42+,43-,44-,45?/m1/s1. The molecular weight excluding hydrogens is 795 g/mol. The second kappa shape index (κ2) is 32.4. The zero-order chi connectivity index (χ0) is 44.0. The van der Waals surface area contributed by atoms with Crippen LogP contribution in [-0.2, 0) is 37.4 Å². The minimum atomic E-state index is -5.13. The van der Waals surface area contributed by atoms with E-state index in [2.05, 4.69) is 50.3 Å². The highest BCUT2D eigenvalue weighted by molar-refractivity contribution is 7.47. The Morgan fingerprint density at radius 1 is 0.583 bits per heavy atom. The summed E-state index contributed by atoms with van der Waals surface area (Å²) in [6.07, 6.45) is 24.9. The topological polar surface area (TPSA) is 222 Å². The van der Waals surface area contributed by atoms with E-state index >= 15 is 0 Å². The Morgan fingerprint density at radius 3 is 1.70 bits per heavy atom. The number of carbonyl (C=O) groups excluding carboxylic acids is 2. The fourth-order valence-corrected chi connectivity index (χ4v) is 7.70. The summed E-state index contributed by atoms with van der Waals surface area (Å²) in [5, 5.41) is 50.1. The maximum absolute atomic E-state index is 12.8. The first-order chi connectivity index (χ1) is 28.9. The molecule has 0 radical (unpaired) electrons. The number of aliphatic hydroxyl groups excluding tert-OH is 5. The molecule has 0 aromatic heterocycles. The van der Waals surface area contributed by atoms with Crippen molar-refractivity contribution in [1.82, 2.24) is 0 Å². The summed E-state index contributed by atoms with van der Waals surface area (Å²) in [4.78, 5) is 35.6. The van der Waals surface area contributed by atoms with Crippen molar-refractivity contribution in [3.63, 3.8) is 0 Å². The number of hydrogen-bond acceptors (Lipinski definition) is 13. The summed E-state index contributed by atoms with van der Waals surface area (Å²) in [6.45, 7) is 3.17. The van der Waals surface area contributed by atoms with Gasteiger partial charge in [0.15, 0.2) is 6.10 Å². The maximum Gasteiger partial charge on any atom is 0.472 e. The van der Waals surface area contributed by atoms with E-state index in [9.17, 15) is 44.6 Å². The van der Waals surface area contributed by atoms with Gasteiger partial charge in [0.1, 0.15) is 43.2 Å². The van der Waals surface area contributed by atoms with Gasteiger partial charge in [-0.1, -0.05) is 114 Å². The van der Waals surface area contributed by atoms with Gasteiger partial charge in [0, 0.05) is 12.8 Å². The predicted octanol–water partition coefficient (Wildman–Crippen LogP) is 7.38. The van der Waals surface area contributed by atoms with Gasteiger partial charge in [-0.25, -0.2) is 4.57 Å². The van der Waals surface area contributed by atoms with E-state index < -0.39 is 75.7 Å². The zero-order valence-corrected chi connectivity index (χ0v) is 37.1. The number of epoxide rings is 1. The van der Waals surface area contributed by atoms with Crippen molar-refractivity contribution in [1.29, 1.82) is 0 Å². The van der Waals surface area contributed by atoms with Crippen molar-refractivity contribution in [3.05, 3.63) is 48.6 Å². The molecule has 5 unspecified atom stereocenters. The van der Waals surface area contributed by atoms with Gasteiger partial charge in [0.05, 0.1) is 18.8 Å². The number of ether oxygens (including phenoxy) is 3. The quantitative estimate of drug-likeness (QED) is 0.0120. The average molecular weight is 873 g/mol. The first kappa shape index (κ1) is 53.9. The van der Waals surface area contributed by atoms with Crippen molar-refractivity contribution in [2.45, 2.75) is 210 Å². The van der Waals surface area contributed by atoms with Gasteiger partial charge in [0.25, 0.3) is 0 Å². The molecule has 2 fully saturated rings. The largest absolute Gasteiger partial charge is 0.472 e. The molecule has 6 N–H and O–H groups in total. The summed E-state index contributed by atoms with van der Waals surface area (Å²) in [6, 6.07) is 0. The van der Waals surface area contributed by atoms with E-state index in [-0.39, 0.29) is 12.8 Å². The fraction of sp³-hybridized carbons (Fsp3) is 0.778. The summed E-state index contributed by atoms with van der Waals surface area (Å²) >= 11 is 0. The number of allylic oxidation sites excluding steroid dienone is 6. The van der Waals surface area contributed by atoms with Crippen LogP contribution in [0.3, 0.4) is 0 Å². The Balaban J connectivity index is 1.74. The van der Waals surface area contributed by atoms with Gasteiger partial charge in [-0.3, -0.25) is 18.6 Å². The highest BCUT2D eigenvalue weighted by Gasteiger charge is 2.51. The van der Waals surface area contributed by atoms with E-state index in [4.69, 9.17) is 23.3 Å². The number of hydrogen-bond donors (Lipinski definition) is 6. The van der Waals surface area contributed by atoms with Crippen LogP contribution in [0.2, 0.25) is 0 Å². The number of rotatable bonds is 35. The molecular formula is C45H77O14P. The number of carbonyl (C=O) groups is 2. The van der Waals surface area contributed by atoms with E-state index in [0.717, 1.165) is 64.2 Å². The molecule has 1 aliphatic heterocycles. The van der Waals surface area contributed by atoms with Crippen LogP contribution in [0.25, 0.3) is 0 Å². The lowest BCUT2D eigenvalue weighted by Crippen LogP contribution is -2.64. The number of phosphoric ester groups is 1. The minimum absolute atomic E-state index is 0.0706. The molecule has 15 heteroatoms. The lowest BCUT2D eigenvalue weighted by molar-refractivity contribution is -0.220. The van der Waals surface area contributed by atoms with Crippen molar-refractivity contribution in [2.75, 3.05) is 13.2 Å². The third-order valence-electron chi connectivity index (χ3n) is 10.5. The van der Waals surface area contributed by atoms with Crippen LogP contribution in [0.1, 0.15) is 155 Å². The molecule has 346 valence electrons. The molecule has 2 rings (SSSR count). The lowest BCUT2D eigenvalue weighted by atomic mass is 9.85. The van der Waals surface area contributed by atoms with Crippen LogP contribution in [0.5, 0.6) is 0 Å². The van der Waals surface area contributed by atoms with Crippen LogP contribution in [0, 0.1) is 0 Å². The van der Waals surface area contributed by atoms with Crippen LogP contribution in [-0.4, -0.2) is 111 Å². The highest BCUT2D eigenvalue weighted by Crippen LogP contribution is 2.47. The molecule has 0 aromatic carbocycles. The van der Waals surface area contributed by atoms with Crippen LogP contribution in [0.15, 0.2) is 48.6 Å². The van der Waals surface area contributed by atoms with Gasteiger partial charge < -0.3 is 44.6 Å². The van der Waals surface area contributed by atoms with Gasteiger partial charge in [-0.2, -0.15) is 0 Å². The van der Waals surface area contributed by atoms with Crippen LogP contribution >= 0.6 is 7.82 Å². The Bertz CT molecular complexity index is 1300. The molecule has 2 aliphatic rings. The van der Waals surface area contributed by atoms with Crippen LogP contribution < -0.4 is 0 Å². The summed E-state index contributed by atoms with van der Waals surface area (Å²) in [5.41, 5.74) is 0. The first-order valence-corrected chi connectivity index (χ1v) is 24.1. The molecule has 0 bridgehead atoms. The van der Waals surface area contributed by atoms with E-state index in [1.807, 2.05) is 12.2 Å². The minimum Gasteiger partial charge on any atom is -0.462 e. The average Bonchev–Trinajstić information content (AvgIpc) is 3.99. The maximum atomic E-state index is 12.8. The number of unbranched alkanes of at least 4 members (excludes halogenated alkanes) is 13. The van der Waals surface area contributed by atoms with E-state index in [1.54, 1.807) is 0 Å². The Labute approximate surface area is 358 Å². The monoisotopic (exact) mass is 873 g/mol. The molecule has 10 atom stereocenters. The van der Waals surface area contributed by atoms with Crippen molar-refractivity contribution in [2.24, 2.45) is 0 Å². The van der Waals surface area contributed by atoms with Crippen molar-refractivity contribution >= 4 is 19.8 Å². The Kier molecular flexibility index (Phi) is 29.1. The Hall–Kier alpha value is -2.23. The third-order valence-corrected chi connectivity index (χ3v) is 11.5. The predicted molar refractivity (Wildman–Crippen MR) is 230 cm³/mol. The normalized spacial score (nSPS) is 26.0. The Morgan fingerprint density at radius 2 is 1.05 bits per heavy atom. The number of aliphatic hydroxyl groups is 5. The van der Waals surface area contributed by atoms with E-state index in [1.165, 1.54) is 44.9 Å². The smallest absolute Gasteiger partial charge is 0.462 e. The molecule has 1 heterocycles. The van der Waals surface area contributed by atoms with Gasteiger partial charge in [-0.15, -0.1) is 0 Å². The molecule has 1 saturated heterocycles. The molecule has 1 aliphatic carbocycles. The summed E-state index contributed by atoms with van der Waals surface area (Å²) in [5.74, 6) is -1.18. The van der Waals surface area contributed by atoms with E-state index in [0.29, 0.717) is 31.5 Å². The van der Waals surface area contributed by atoms with Gasteiger partial charge in [0.2, 0.25) is 0 Å². The van der Waals surface area contributed by atoms with Gasteiger partial charge >= 0.3 is 19.8 Å². The van der Waals surface area contributed by atoms with Gasteiger partial charge in [-0.05, 0) is 77.0 Å². The molecule has 0 spiro atoms. The molecule has 0 amide bonds. The lowest BCUT2D eigenvalue weighted by Gasteiger charge is -2.41. The summed E-state index contributed by atoms with van der Waals surface area (Å²) in [7, 11) is -5.13. The first-order valence-electron chi connectivity index (χ1n) is 22.6. The zero-order valence-electron chi connectivity index (χ0n) is 36.2. The van der Waals surface area contributed by atoms with Crippen molar-refractivity contribution < 1.29 is 67.8 Å². The second-order valence-electron chi connectivity index (χ2n) is 15.9. The molecule has 60 heavy (non-hydrogen) atoms. The molecule has 1 saturated carbocycles.